The molecule has 0 amide bonds. The second-order valence-electron chi connectivity index (χ2n) is 4.80. The lowest BCUT2D eigenvalue weighted by molar-refractivity contribution is 0.161. The van der Waals surface area contributed by atoms with Crippen molar-refractivity contribution in [3.8, 4) is 0 Å². The van der Waals surface area contributed by atoms with E-state index in [2.05, 4.69) is 21.2 Å². The minimum Gasteiger partial charge on any atom is -0.387 e. The Balaban J connectivity index is 2.04. The topological polar surface area (TPSA) is 32.3 Å². The van der Waals surface area contributed by atoms with Crippen molar-refractivity contribution in [3.63, 3.8) is 0 Å². The molecule has 112 valence electrons. The van der Waals surface area contributed by atoms with Crippen molar-refractivity contribution in [3.05, 3.63) is 69.7 Å². The van der Waals surface area contributed by atoms with Crippen LogP contribution in [0.1, 0.15) is 30.2 Å². The van der Waals surface area contributed by atoms with Crippen molar-refractivity contribution in [2.24, 2.45) is 0 Å². The van der Waals surface area contributed by atoms with Crippen LogP contribution in [-0.2, 0) is 0 Å². The van der Waals surface area contributed by atoms with E-state index in [0.29, 0.717) is 0 Å². The van der Waals surface area contributed by atoms with Crippen molar-refractivity contribution < 1.29 is 13.9 Å². The average molecular weight is 356 g/mol. The average Bonchev–Trinajstić information content (AvgIpc) is 2.45. The van der Waals surface area contributed by atoms with Crippen LogP contribution < -0.4 is 5.32 Å². The zero-order chi connectivity index (χ0) is 15.4. The zero-order valence-corrected chi connectivity index (χ0v) is 13.1. The predicted molar refractivity (Wildman–Crippen MR) is 81.9 cm³/mol. The molecule has 0 bridgehead atoms. The van der Waals surface area contributed by atoms with Crippen molar-refractivity contribution >= 4 is 15.9 Å². The first kappa shape index (κ1) is 16.1. The van der Waals surface area contributed by atoms with E-state index in [0.717, 1.165) is 22.2 Å². The predicted octanol–water partition coefficient (Wildman–Crippen LogP) is 4.11. The number of halogens is 3. The minimum absolute atomic E-state index is 0.0559. The molecule has 0 saturated carbocycles. The summed E-state index contributed by atoms with van der Waals surface area (Å²) >= 11 is 3.45. The van der Waals surface area contributed by atoms with Gasteiger partial charge in [-0.05, 0) is 30.7 Å². The number of hydrogen-bond acceptors (Lipinski definition) is 2. The zero-order valence-electron chi connectivity index (χ0n) is 11.5. The van der Waals surface area contributed by atoms with E-state index in [1.54, 1.807) is 0 Å². The summed E-state index contributed by atoms with van der Waals surface area (Å²) in [6.07, 6.45) is -1.24. The van der Waals surface area contributed by atoms with Crippen LogP contribution >= 0.6 is 15.9 Å². The Morgan fingerprint density at radius 1 is 1.10 bits per heavy atom. The molecule has 0 aliphatic rings. The van der Waals surface area contributed by atoms with Crippen LogP contribution in [0.15, 0.2) is 46.9 Å². The Kier molecular flexibility index (Phi) is 5.45. The van der Waals surface area contributed by atoms with Crippen LogP contribution in [-0.4, -0.2) is 11.7 Å². The standard InChI is InChI=1S/C16H16BrF2NO/c1-10(11-5-2-3-6-12(11)17)20-9-15(21)16-13(18)7-4-8-14(16)19/h2-8,10,15,20-21H,9H2,1H3/t10-,15?/m0/s1. The van der Waals surface area contributed by atoms with Crippen LogP contribution in [0.5, 0.6) is 0 Å². The maximum Gasteiger partial charge on any atom is 0.131 e. The Labute approximate surface area is 130 Å². The van der Waals surface area contributed by atoms with E-state index in [4.69, 9.17) is 0 Å². The number of rotatable bonds is 5. The number of aliphatic hydroxyl groups excluding tert-OH is 1. The normalized spacial score (nSPS) is 14.0. The third-order valence-electron chi connectivity index (χ3n) is 3.32. The minimum atomic E-state index is -1.24. The molecule has 0 saturated heterocycles. The molecule has 2 nitrogen and oxygen atoms in total. The highest BCUT2D eigenvalue weighted by Gasteiger charge is 2.18. The Hall–Kier alpha value is -1.30. The fourth-order valence-corrected chi connectivity index (χ4v) is 2.78. The molecule has 0 spiro atoms. The molecule has 2 rings (SSSR count). The van der Waals surface area contributed by atoms with E-state index < -0.39 is 17.7 Å². The second-order valence-corrected chi connectivity index (χ2v) is 5.66. The van der Waals surface area contributed by atoms with E-state index in [1.807, 2.05) is 31.2 Å². The highest BCUT2D eigenvalue weighted by Crippen LogP contribution is 2.24. The van der Waals surface area contributed by atoms with Gasteiger partial charge in [-0.1, -0.05) is 40.2 Å². The lowest BCUT2D eigenvalue weighted by Crippen LogP contribution is -2.26. The highest BCUT2D eigenvalue weighted by molar-refractivity contribution is 9.10. The second kappa shape index (κ2) is 7.11. The molecule has 0 radical (unpaired) electrons. The third kappa shape index (κ3) is 3.87. The Bertz CT molecular complexity index is 601. The van der Waals surface area contributed by atoms with Gasteiger partial charge in [-0.2, -0.15) is 0 Å². The molecule has 0 aliphatic heterocycles. The largest absolute Gasteiger partial charge is 0.387 e. The van der Waals surface area contributed by atoms with Gasteiger partial charge in [0.05, 0.1) is 11.7 Å². The van der Waals surface area contributed by atoms with E-state index in [9.17, 15) is 13.9 Å². The first-order chi connectivity index (χ1) is 10.0. The van der Waals surface area contributed by atoms with Crippen molar-refractivity contribution in [2.75, 3.05) is 6.54 Å². The molecule has 1 unspecified atom stereocenters. The summed E-state index contributed by atoms with van der Waals surface area (Å²) in [5.74, 6) is -1.48. The lowest BCUT2D eigenvalue weighted by Gasteiger charge is -2.19. The van der Waals surface area contributed by atoms with Gasteiger partial charge >= 0.3 is 0 Å². The highest BCUT2D eigenvalue weighted by atomic mass is 79.9. The van der Waals surface area contributed by atoms with Gasteiger partial charge in [-0.25, -0.2) is 8.78 Å². The summed E-state index contributed by atoms with van der Waals surface area (Å²) in [6, 6.07) is 11.2. The summed E-state index contributed by atoms with van der Waals surface area (Å²) in [7, 11) is 0. The Morgan fingerprint density at radius 3 is 2.33 bits per heavy atom. The summed E-state index contributed by atoms with van der Waals surface area (Å²) in [5.41, 5.74) is 0.711. The molecule has 2 N–H and O–H groups in total. The van der Waals surface area contributed by atoms with Gasteiger partial charge in [0.2, 0.25) is 0 Å². The first-order valence-electron chi connectivity index (χ1n) is 6.60. The number of aliphatic hydroxyl groups is 1. The summed E-state index contributed by atoms with van der Waals surface area (Å²) in [4.78, 5) is 0. The summed E-state index contributed by atoms with van der Waals surface area (Å²) in [5, 5.41) is 13.1. The van der Waals surface area contributed by atoms with Gasteiger partial charge in [0.1, 0.15) is 11.6 Å². The maximum atomic E-state index is 13.6. The smallest absolute Gasteiger partial charge is 0.131 e. The van der Waals surface area contributed by atoms with Crippen LogP contribution in [0.2, 0.25) is 0 Å². The van der Waals surface area contributed by atoms with Gasteiger partial charge in [0.15, 0.2) is 0 Å². The van der Waals surface area contributed by atoms with Gasteiger partial charge in [0, 0.05) is 17.1 Å². The molecule has 2 atom stereocenters. The fraction of sp³-hybridized carbons (Fsp3) is 0.250. The molecule has 21 heavy (non-hydrogen) atoms. The van der Waals surface area contributed by atoms with Crippen LogP contribution in [0, 0.1) is 11.6 Å². The van der Waals surface area contributed by atoms with Crippen LogP contribution in [0.25, 0.3) is 0 Å². The van der Waals surface area contributed by atoms with Crippen LogP contribution in [0.4, 0.5) is 8.78 Å². The number of hydrogen-bond donors (Lipinski definition) is 2. The molecule has 0 aromatic heterocycles. The monoisotopic (exact) mass is 355 g/mol. The lowest BCUT2D eigenvalue weighted by atomic mass is 10.1. The number of benzene rings is 2. The Morgan fingerprint density at radius 2 is 1.71 bits per heavy atom. The molecule has 0 heterocycles. The molecule has 0 fully saturated rings. The molecule has 2 aromatic carbocycles. The summed E-state index contributed by atoms with van der Waals surface area (Å²) < 4.78 is 28.1. The molecule has 0 aliphatic carbocycles. The third-order valence-corrected chi connectivity index (χ3v) is 4.04. The SMILES string of the molecule is C[C@H](NCC(O)c1c(F)cccc1F)c1ccccc1Br. The van der Waals surface area contributed by atoms with E-state index >= 15 is 0 Å². The van der Waals surface area contributed by atoms with E-state index in [1.165, 1.54) is 6.07 Å². The molecular weight excluding hydrogens is 340 g/mol. The molecule has 5 heteroatoms. The van der Waals surface area contributed by atoms with Crippen molar-refractivity contribution in [1.82, 2.24) is 5.32 Å². The van der Waals surface area contributed by atoms with Gasteiger partial charge in [-0.15, -0.1) is 0 Å². The first-order valence-corrected chi connectivity index (χ1v) is 7.39. The van der Waals surface area contributed by atoms with E-state index in [-0.39, 0.29) is 18.2 Å². The van der Waals surface area contributed by atoms with Crippen molar-refractivity contribution in [2.45, 2.75) is 19.1 Å². The maximum absolute atomic E-state index is 13.6. The quantitative estimate of drug-likeness (QED) is 0.845. The number of nitrogens with one attached hydrogen (secondary N) is 1. The summed E-state index contributed by atoms with van der Waals surface area (Å²) in [6.45, 7) is 1.98. The van der Waals surface area contributed by atoms with Gasteiger partial charge < -0.3 is 10.4 Å². The fourth-order valence-electron chi connectivity index (χ4n) is 2.16. The van der Waals surface area contributed by atoms with Gasteiger partial charge in [0.25, 0.3) is 0 Å². The molecule has 2 aromatic rings. The van der Waals surface area contributed by atoms with Crippen molar-refractivity contribution in [1.29, 1.82) is 0 Å². The van der Waals surface area contributed by atoms with Gasteiger partial charge in [-0.3, -0.25) is 0 Å². The molecular formula is C16H16BrF2NO. The van der Waals surface area contributed by atoms with Crippen LogP contribution in [0.3, 0.4) is 0 Å².